The summed E-state index contributed by atoms with van der Waals surface area (Å²) < 4.78 is 43.5. The summed E-state index contributed by atoms with van der Waals surface area (Å²) in [4.78, 5) is 23.7. The molecule has 0 spiro atoms. The average Bonchev–Trinajstić information content (AvgIpc) is 2.97. The normalized spacial score (nSPS) is 19.4. The van der Waals surface area contributed by atoms with Gasteiger partial charge in [0.25, 0.3) is 0 Å². The number of thioether (sulfide) groups is 1. The Labute approximate surface area is 162 Å². The molecule has 0 radical (unpaired) electrons. The zero-order chi connectivity index (χ0) is 20.3. The summed E-state index contributed by atoms with van der Waals surface area (Å²) in [5.74, 6) is -0.416. The van der Waals surface area contributed by atoms with Crippen molar-refractivity contribution in [3.8, 4) is 5.75 Å². The fourth-order valence-electron chi connectivity index (χ4n) is 2.64. The first-order chi connectivity index (χ1) is 13.2. The van der Waals surface area contributed by atoms with Gasteiger partial charge in [-0.2, -0.15) is 13.2 Å². The van der Waals surface area contributed by atoms with Crippen molar-refractivity contribution in [2.75, 3.05) is 6.61 Å². The van der Waals surface area contributed by atoms with E-state index in [0.29, 0.717) is 12.2 Å². The third-order valence-corrected chi connectivity index (χ3v) is 5.16. The molecule has 0 bridgehead atoms. The number of ether oxygens (including phenoxy) is 1. The number of carbonyl (C=O) groups excluding carboxylic acids is 2. The highest BCUT2D eigenvalue weighted by molar-refractivity contribution is 8.01. The Morgan fingerprint density at radius 1 is 1.18 bits per heavy atom. The molecule has 1 aliphatic heterocycles. The van der Waals surface area contributed by atoms with E-state index in [9.17, 15) is 27.9 Å². The first-order valence-electron chi connectivity index (χ1n) is 8.28. The topological polar surface area (TPSA) is 75.6 Å². The largest absolute Gasteiger partial charge is 0.485 e. The van der Waals surface area contributed by atoms with Gasteiger partial charge in [0.2, 0.25) is 5.91 Å². The molecule has 1 saturated heterocycles. The van der Waals surface area contributed by atoms with Crippen LogP contribution in [0.3, 0.4) is 0 Å². The minimum Gasteiger partial charge on any atom is -0.485 e. The van der Waals surface area contributed by atoms with Crippen LogP contribution in [0, 0.1) is 0 Å². The van der Waals surface area contributed by atoms with E-state index in [1.54, 1.807) is 24.3 Å². The molecule has 1 heterocycles. The van der Waals surface area contributed by atoms with Gasteiger partial charge in [-0.3, -0.25) is 9.59 Å². The SMILES string of the molecule is O=C(COc1ccc(CC2SC(O)NC2=O)cc1)c1cccc(C(F)(F)F)c1. The summed E-state index contributed by atoms with van der Waals surface area (Å²) in [5, 5.41) is 11.4. The molecule has 148 valence electrons. The second-order valence-electron chi connectivity index (χ2n) is 6.12. The Bertz CT molecular complexity index is 870. The van der Waals surface area contributed by atoms with Crippen LogP contribution in [0.5, 0.6) is 5.75 Å². The van der Waals surface area contributed by atoms with Crippen LogP contribution in [-0.2, 0) is 17.4 Å². The van der Waals surface area contributed by atoms with E-state index in [1.165, 1.54) is 12.1 Å². The van der Waals surface area contributed by atoms with Crippen LogP contribution in [0.15, 0.2) is 48.5 Å². The van der Waals surface area contributed by atoms with E-state index in [0.717, 1.165) is 29.5 Å². The van der Waals surface area contributed by atoms with Crippen LogP contribution in [-0.4, -0.2) is 34.2 Å². The van der Waals surface area contributed by atoms with E-state index in [-0.39, 0.29) is 16.7 Å². The summed E-state index contributed by atoms with van der Waals surface area (Å²) >= 11 is 1.13. The lowest BCUT2D eigenvalue weighted by atomic mass is 10.1. The lowest BCUT2D eigenvalue weighted by Gasteiger charge is -2.10. The third-order valence-electron chi connectivity index (χ3n) is 4.08. The van der Waals surface area contributed by atoms with Crippen molar-refractivity contribution in [3.05, 3.63) is 65.2 Å². The summed E-state index contributed by atoms with van der Waals surface area (Å²) in [7, 11) is 0. The van der Waals surface area contributed by atoms with Crippen LogP contribution in [0.25, 0.3) is 0 Å². The molecule has 2 aromatic carbocycles. The van der Waals surface area contributed by atoms with E-state index >= 15 is 0 Å². The zero-order valence-electron chi connectivity index (χ0n) is 14.4. The Balaban J connectivity index is 1.56. The number of aliphatic hydroxyl groups is 1. The summed E-state index contributed by atoms with van der Waals surface area (Å²) in [6.45, 7) is -0.395. The molecule has 2 N–H and O–H groups in total. The Morgan fingerprint density at radius 3 is 2.50 bits per heavy atom. The van der Waals surface area contributed by atoms with Crippen LogP contribution < -0.4 is 10.1 Å². The fraction of sp³-hybridized carbons (Fsp3) is 0.263. The van der Waals surface area contributed by atoms with Crippen molar-refractivity contribution in [2.24, 2.45) is 0 Å². The maximum Gasteiger partial charge on any atom is 0.416 e. The van der Waals surface area contributed by atoms with Crippen LogP contribution in [0.4, 0.5) is 13.2 Å². The van der Waals surface area contributed by atoms with Gasteiger partial charge < -0.3 is 15.2 Å². The number of alkyl halides is 3. The molecule has 2 aromatic rings. The van der Waals surface area contributed by atoms with Crippen molar-refractivity contribution >= 4 is 23.5 Å². The van der Waals surface area contributed by atoms with E-state index < -0.39 is 29.7 Å². The smallest absolute Gasteiger partial charge is 0.416 e. The first kappa shape index (κ1) is 20.2. The molecule has 1 aliphatic rings. The molecule has 0 aromatic heterocycles. The van der Waals surface area contributed by atoms with Crippen molar-refractivity contribution < 1.29 is 32.6 Å². The molecule has 1 fully saturated rings. The fourth-order valence-corrected chi connectivity index (χ4v) is 3.62. The minimum absolute atomic E-state index is 0.0747. The predicted octanol–water partition coefficient (Wildman–Crippen LogP) is 3.02. The Hall–Kier alpha value is -2.52. The van der Waals surface area contributed by atoms with Crippen LogP contribution in [0.2, 0.25) is 0 Å². The first-order valence-corrected chi connectivity index (χ1v) is 9.23. The number of benzene rings is 2. The standard InChI is InChI=1S/C19H16F3NO4S/c20-19(21,22)13-3-1-2-12(9-13)15(24)10-27-14-6-4-11(5-7-14)8-16-17(25)23-18(26)28-16/h1-7,9,16,18,26H,8,10H2,(H,23,25). The number of Topliss-reactive ketones (excluding diaryl/α,β-unsaturated/α-hetero) is 1. The highest BCUT2D eigenvalue weighted by Crippen LogP contribution is 2.30. The van der Waals surface area contributed by atoms with Gasteiger partial charge in [0.15, 0.2) is 18.0 Å². The zero-order valence-corrected chi connectivity index (χ0v) is 15.2. The average molecular weight is 411 g/mol. The number of amides is 1. The third kappa shape index (κ3) is 5.05. The summed E-state index contributed by atoms with van der Waals surface area (Å²) in [6, 6.07) is 10.9. The van der Waals surface area contributed by atoms with Crippen molar-refractivity contribution in [2.45, 2.75) is 23.4 Å². The number of halogens is 3. The van der Waals surface area contributed by atoms with Gasteiger partial charge in [0.05, 0.1) is 10.8 Å². The Kier molecular flexibility index (Phi) is 5.95. The van der Waals surface area contributed by atoms with Crippen molar-refractivity contribution in [1.82, 2.24) is 5.32 Å². The lowest BCUT2D eigenvalue weighted by Crippen LogP contribution is -2.27. The van der Waals surface area contributed by atoms with Gasteiger partial charge in [-0.15, -0.1) is 0 Å². The van der Waals surface area contributed by atoms with Crippen LogP contribution in [0.1, 0.15) is 21.5 Å². The number of ketones is 1. The number of rotatable bonds is 6. The maximum absolute atomic E-state index is 12.7. The molecule has 0 aliphatic carbocycles. The molecule has 1 amide bonds. The number of hydrogen-bond donors (Lipinski definition) is 2. The van der Waals surface area contributed by atoms with Crippen LogP contribution >= 0.6 is 11.8 Å². The van der Waals surface area contributed by atoms with E-state index in [2.05, 4.69) is 5.32 Å². The second-order valence-corrected chi connectivity index (χ2v) is 7.41. The van der Waals surface area contributed by atoms with Gasteiger partial charge in [0, 0.05) is 5.56 Å². The van der Waals surface area contributed by atoms with Gasteiger partial charge in [-0.25, -0.2) is 0 Å². The molecular weight excluding hydrogens is 395 g/mol. The van der Waals surface area contributed by atoms with E-state index in [4.69, 9.17) is 4.74 Å². The molecule has 0 saturated carbocycles. The molecule has 5 nitrogen and oxygen atoms in total. The molecule has 28 heavy (non-hydrogen) atoms. The molecule has 9 heteroatoms. The second kappa shape index (κ2) is 8.24. The number of carbonyl (C=O) groups is 2. The van der Waals surface area contributed by atoms with E-state index in [1.807, 2.05) is 0 Å². The van der Waals surface area contributed by atoms with Gasteiger partial charge >= 0.3 is 6.18 Å². The number of hydrogen-bond acceptors (Lipinski definition) is 5. The minimum atomic E-state index is -4.52. The lowest BCUT2D eigenvalue weighted by molar-refractivity contribution is -0.137. The monoisotopic (exact) mass is 411 g/mol. The Morgan fingerprint density at radius 2 is 1.89 bits per heavy atom. The highest BCUT2D eigenvalue weighted by Gasteiger charge is 2.32. The van der Waals surface area contributed by atoms with Gasteiger partial charge in [-0.1, -0.05) is 36.0 Å². The number of nitrogens with one attached hydrogen (secondary N) is 1. The predicted molar refractivity (Wildman–Crippen MR) is 96.9 cm³/mol. The highest BCUT2D eigenvalue weighted by atomic mass is 32.2. The quantitative estimate of drug-likeness (QED) is 0.715. The van der Waals surface area contributed by atoms with Crippen molar-refractivity contribution in [3.63, 3.8) is 0 Å². The van der Waals surface area contributed by atoms with Gasteiger partial charge in [-0.05, 0) is 36.2 Å². The molecular formula is C19H16F3NO4S. The maximum atomic E-state index is 12.7. The molecule has 3 rings (SSSR count). The molecule has 2 unspecified atom stereocenters. The number of aliphatic hydroxyl groups excluding tert-OH is 1. The van der Waals surface area contributed by atoms with Crippen molar-refractivity contribution in [1.29, 1.82) is 0 Å². The summed E-state index contributed by atoms with van der Waals surface area (Å²) in [5.41, 5.74) is -1.02. The molecule has 2 atom stereocenters. The summed E-state index contributed by atoms with van der Waals surface area (Å²) in [6.07, 6.45) is -4.09. The van der Waals surface area contributed by atoms with Gasteiger partial charge in [0.1, 0.15) is 5.75 Å².